The van der Waals surface area contributed by atoms with Crippen LogP contribution in [-0.4, -0.2) is 75.4 Å². The minimum absolute atomic E-state index is 0.134. The topological polar surface area (TPSA) is 89.1 Å². The van der Waals surface area contributed by atoms with Gasteiger partial charge in [0.05, 0.1) is 5.92 Å². The van der Waals surface area contributed by atoms with Crippen LogP contribution < -0.4 is 21.0 Å². The highest BCUT2D eigenvalue weighted by Gasteiger charge is 2.28. The van der Waals surface area contributed by atoms with Crippen molar-refractivity contribution in [3.8, 4) is 0 Å². The second-order valence-electron chi connectivity index (χ2n) is 9.99. The molecule has 34 heavy (non-hydrogen) atoms. The number of hydrazine groups is 1. The lowest BCUT2D eigenvalue weighted by Crippen LogP contribution is -2.41. The number of aliphatic imine (C=N–C) groups is 1. The monoisotopic (exact) mass is 466 g/mol. The summed E-state index contributed by atoms with van der Waals surface area (Å²) < 4.78 is 0. The average Bonchev–Trinajstić information content (AvgIpc) is 3.24. The lowest BCUT2D eigenvalue weighted by atomic mass is 9.92. The molecule has 0 spiro atoms. The average molecular weight is 467 g/mol. The van der Waals surface area contributed by atoms with Crippen LogP contribution in [0.4, 0.5) is 5.69 Å². The maximum atomic E-state index is 13.4. The van der Waals surface area contributed by atoms with Crippen molar-refractivity contribution in [3.63, 3.8) is 0 Å². The summed E-state index contributed by atoms with van der Waals surface area (Å²) in [6.07, 6.45) is 4.09. The second kappa shape index (κ2) is 10.4. The van der Waals surface area contributed by atoms with Crippen molar-refractivity contribution in [3.05, 3.63) is 40.5 Å². The summed E-state index contributed by atoms with van der Waals surface area (Å²) in [5.74, 6) is -0.402. The molecular weight excluding hydrogens is 428 g/mol. The predicted molar refractivity (Wildman–Crippen MR) is 137 cm³/mol. The maximum Gasteiger partial charge on any atom is 0.254 e. The number of anilines is 1. The Kier molecular flexibility index (Phi) is 7.50. The van der Waals surface area contributed by atoms with Crippen LogP contribution in [0.15, 0.2) is 28.8 Å². The summed E-state index contributed by atoms with van der Waals surface area (Å²) in [4.78, 5) is 32.3. The smallest absolute Gasteiger partial charge is 0.254 e. The molecule has 3 heterocycles. The molecule has 0 radical (unpaired) electrons. The molecule has 2 fully saturated rings. The first-order chi connectivity index (χ1) is 16.2. The lowest BCUT2D eigenvalue weighted by molar-refractivity contribution is -0.120. The molecule has 1 aromatic carbocycles. The molecule has 184 valence electrons. The van der Waals surface area contributed by atoms with Gasteiger partial charge < -0.3 is 15.5 Å². The van der Waals surface area contributed by atoms with Gasteiger partial charge in [0.1, 0.15) is 0 Å². The Morgan fingerprint density at radius 2 is 1.97 bits per heavy atom. The van der Waals surface area contributed by atoms with Crippen molar-refractivity contribution in [2.75, 3.05) is 51.7 Å². The van der Waals surface area contributed by atoms with E-state index in [0.29, 0.717) is 23.2 Å². The number of piperidine rings is 1. The van der Waals surface area contributed by atoms with Crippen LogP contribution in [-0.2, 0) is 4.79 Å². The summed E-state index contributed by atoms with van der Waals surface area (Å²) in [5.41, 5.74) is 9.00. The molecule has 4 rings (SSSR count). The van der Waals surface area contributed by atoms with Crippen LogP contribution in [0.1, 0.15) is 54.1 Å². The Hall–Kier alpha value is -2.55. The molecule has 1 aromatic rings. The number of nitrogens with zero attached hydrogens (tertiary/aromatic N) is 3. The normalized spacial score (nSPS) is 24.1. The third kappa shape index (κ3) is 5.24. The predicted octanol–water partition coefficient (Wildman–Crippen LogP) is 2.01. The number of likely N-dealkylation sites (N-methyl/N-ethyl adjacent to an activating group) is 1. The number of allylic oxidation sites excluding steroid dienone is 1. The molecule has 2 unspecified atom stereocenters. The van der Waals surface area contributed by atoms with Gasteiger partial charge in [-0.1, -0.05) is 5.57 Å². The number of rotatable bonds is 6. The number of carbonyl (C=O) groups excluding carboxylic acids is 2. The zero-order chi connectivity index (χ0) is 24.4. The van der Waals surface area contributed by atoms with Crippen LogP contribution in [0.2, 0.25) is 0 Å². The molecule has 3 N–H and O–H groups in total. The minimum Gasteiger partial charge on any atom is -0.371 e. The first-order valence-electron chi connectivity index (χ1n) is 12.3. The molecular formula is C26H38N6O2. The van der Waals surface area contributed by atoms with E-state index in [1.165, 1.54) is 5.56 Å². The van der Waals surface area contributed by atoms with E-state index < -0.39 is 5.92 Å². The third-order valence-corrected chi connectivity index (χ3v) is 7.49. The van der Waals surface area contributed by atoms with Crippen molar-refractivity contribution < 1.29 is 9.59 Å². The number of nitrogens with one attached hydrogen (secondary N) is 3. The fourth-order valence-corrected chi connectivity index (χ4v) is 5.35. The van der Waals surface area contributed by atoms with Crippen LogP contribution >= 0.6 is 0 Å². The summed E-state index contributed by atoms with van der Waals surface area (Å²) in [5, 5.41) is 8.58. The van der Waals surface area contributed by atoms with E-state index >= 15 is 0 Å². The van der Waals surface area contributed by atoms with E-state index in [1.807, 2.05) is 40.0 Å². The van der Waals surface area contributed by atoms with Gasteiger partial charge in [0.2, 0.25) is 0 Å². The molecule has 8 heteroatoms. The fourth-order valence-electron chi connectivity index (χ4n) is 5.35. The number of amides is 2. The van der Waals surface area contributed by atoms with Gasteiger partial charge in [-0.05, 0) is 76.0 Å². The van der Waals surface area contributed by atoms with Crippen LogP contribution in [0, 0.1) is 12.8 Å². The van der Waals surface area contributed by atoms with Gasteiger partial charge in [-0.25, -0.2) is 10.0 Å². The molecule has 2 atom stereocenters. The Morgan fingerprint density at radius 3 is 2.62 bits per heavy atom. The van der Waals surface area contributed by atoms with E-state index in [-0.39, 0.29) is 18.4 Å². The van der Waals surface area contributed by atoms with Crippen LogP contribution in [0.3, 0.4) is 0 Å². The van der Waals surface area contributed by atoms with Crippen molar-refractivity contribution in [2.24, 2.45) is 10.9 Å². The van der Waals surface area contributed by atoms with E-state index in [0.717, 1.165) is 55.8 Å². The molecule has 0 saturated carbocycles. The fraction of sp³-hybridized carbons (Fsp3) is 0.577. The van der Waals surface area contributed by atoms with Gasteiger partial charge in [-0.3, -0.25) is 15.0 Å². The van der Waals surface area contributed by atoms with Crippen molar-refractivity contribution in [2.45, 2.75) is 45.6 Å². The Bertz CT molecular complexity index is 1010. The van der Waals surface area contributed by atoms with Gasteiger partial charge in [-0.15, -0.1) is 0 Å². The number of carbonyl (C=O) groups is 2. The van der Waals surface area contributed by atoms with Gasteiger partial charge in [0, 0.05) is 62.7 Å². The van der Waals surface area contributed by atoms with E-state index in [4.69, 9.17) is 0 Å². The molecule has 0 aliphatic carbocycles. The first kappa shape index (κ1) is 24.6. The Balaban J connectivity index is 1.60. The zero-order valence-electron chi connectivity index (χ0n) is 21.1. The number of hydrogen-bond donors (Lipinski definition) is 3. The Morgan fingerprint density at radius 1 is 1.24 bits per heavy atom. The minimum atomic E-state index is -0.402. The number of dihydropyridines is 1. The Labute approximate surface area is 202 Å². The van der Waals surface area contributed by atoms with E-state index in [1.54, 1.807) is 0 Å². The van der Waals surface area contributed by atoms with Crippen LogP contribution in [0.25, 0.3) is 0 Å². The van der Waals surface area contributed by atoms with Crippen LogP contribution in [0.5, 0.6) is 0 Å². The van der Waals surface area contributed by atoms with Gasteiger partial charge in [-0.2, -0.15) is 0 Å². The van der Waals surface area contributed by atoms with E-state index in [9.17, 15) is 9.59 Å². The molecule has 0 aromatic heterocycles. The maximum absolute atomic E-state index is 13.4. The molecule has 2 saturated heterocycles. The molecule has 0 bridgehead atoms. The molecule has 2 amide bonds. The summed E-state index contributed by atoms with van der Waals surface area (Å²) in [6.45, 7) is 9.83. The van der Waals surface area contributed by atoms with E-state index in [2.05, 4.69) is 44.1 Å². The molecule has 3 aliphatic rings. The summed E-state index contributed by atoms with van der Waals surface area (Å²) in [6, 6.07) is 4.77. The van der Waals surface area contributed by atoms with Gasteiger partial charge in [0.15, 0.2) is 0 Å². The SMILES string of the molecule is CC1=CC(C)=NC(=O)C1CNC(=O)c1cc(C2CNN(C)C2)cc(N(C)C2CCNCC2)c1C. The highest BCUT2D eigenvalue weighted by Crippen LogP contribution is 2.32. The first-order valence-corrected chi connectivity index (χ1v) is 12.3. The zero-order valence-corrected chi connectivity index (χ0v) is 21.1. The largest absolute Gasteiger partial charge is 0.371 e. The van der Waals surface area contributed by atoms with Gasteiger partial charge in [0.25, 0.3) is 11.8 Å². The highest BCUT2D eigenvalue weighted by atomic mass is 16.2. The standard InChI is InChI=1S/C26H38N6O2/c1-16-10-17(2)30-26(34)23(16)14-28-25(33)22-11-19(20-13-29-31(4)15-20)12-24(18(22)3)32(5)21-6-8-27-9-7-21/h10-12,20-21,23,27,29H,6-9,13-15H2,1-5H3,(H,28,33). The number of benzene rings is 1. The van der Waals surface area contributed by atoms with Crippen molar-refractivity contribution >= 4 is 23.2 Å². The van der Waals surface area contributed by atoms with Gasteiger partial charge >= 0.3 is 0 Å². The molecule has 3 aliphatic heterocycles. The highest BCUT2D eigenvalue weighted by molar-refractivity contribution is 6.06. The molecule has 8 nitrogen and oxygen atoms in total. The van der Waals surface area contributed by atoms with Crippen molar-refractivity contribution in [1.82, 2.24) is 21.1 Å². The second-order valence-corrected chi connectivity index (χ2v) is 9.99. The number of hydrogen-bond acceptors (Lipinski definition) is 6. The quantitative estimate of drug-likeness (QED) is 0.594. The third-order valence-electron chi connectivity index (χ3n) is 7.49. The summed E-state index contributed by atoms with van der Waals surface area (Å²) >= 11 is 0. The lowest BCUT2D eigenvalue weighted by Gasteiger charge is -2.35. The van der Waals surface area contributed by atoms with Crippen molar-refractivity contribution in [1.29, 1.82) is 0 Å². The summed E-state index contributed by atoms with van der Waals surface area (Å²) in [7, 11) is 4.20.